The molecule has 0 aromatic carbocycles. The van der Waals surface area contributed by atoms with Gasteiger partial charge in [0.2, 0.25) is 0 Å². The predicted molar refractivity (Wildman–Crippen MR) is 32.8 cm³/mol. The summed E-state index contributed by atoms with van der Waals surface area (Å²) in [5, 5.41) is 7.06. The van der Waals surface area contributed by atoms with Crippen molar-refractivity contribution in [3.05, 3.63) is 0 Å². The third kappa shape index (κ3) is 2.38. The van der Waals surface area contributed by atoms with Gasteiger partial charge in [0.05, 0.1) is 5.75 Å². The van der Waals surface area contributed by atoms with E-state index < -0.39 is 21.6 Å². The van der Waals surface area contributed by atoms with Crippen LogP contribution in [0.25, 0.3) is 0 Å². The van der Waals surface area contributed by atoms with Crippen LogP contribution in [0.15, 0.2) is 10.2 Å². The summed E-state index contributed by atoms with van der Waals surface area (Å²) in [5.74, 6) is -0.490. The Bertz CT molecular complexity index is 252. The summed E-state index contributed by atoms with van der Waals surface area (Å²) in [6.07, 6.45) is 0.145. The zero-order valence-electron chi connectivity index (χ0n) is 5.41. The normalized spacial score (nSPS) is 21.0. The lowest BCUT2D eigenvalue weighted by Gasteiger charge is -1.97. The average molecular weight is 166 g/mol. The van der Waals surface area contributed by atoms with Crippen LogP contribution in [0.2, 0.25) is 0 Å². The molecule has 0 unspecified atom stereocenters. The quantitative estimate of drug-likeness (QED) is 0.584. The molecule has 10 heavy (non-hydrogen) atoms. The number of rotatable bonds is 3. The van der Waals surface area contributed by atoms with Gasteiger partial charge in [0, 0.05) is 6.42 Å². The molecule has 1 aliphatic heterocycles. The lowest BCUT2D eigenvalue weighted by molar-refractivity contribution is 0.538. The summed E-state index contributed by atoms with van der Waals surface area (Å²) in [5.41, 5.74) is -0.612. The molecule has 0 aliphatic carbocycles. The molecule has 0 saturated heterocycles. The maximum Gasteiger partial charge on any atom is 0.302 e. The van der Waals surface area contributed by atoms with Crippen molar-refractivity contribution in [2.45, 2.75) is 19.0 Å². The van der Waals surface area contributed by atoms with Crippen molar-refractivity contribution in [2.75, 3.05) is 5.75 Å². The van der Waals surface area contributed by atoms with Crippen LogP contribution >= 0.6 is 0 Å². The molecule has 0 atom stereocenters. The fourth-order valence-corrected chi connectivity index (χ4v) is 1.13. The molecule has 58 valence electrons. The van der Waals surface area contributed by atoms with Gasteiger partial charge in [-0.15, -0.1) is 3.89 Å². The average Bonchev–Trinajstić information content (AvgIpc) is 2.43. The molecule has 1 aliphatic rings. The summed E-state index contributed by atoms with van der Waals surface area (Å²) in [4.78, 5) is 0. The zero-order chi connectivity index (χ0) is 7.83. The lowest BCUT2D eigenvalue weighted by atomic mass is 10.2. The molecule has 0 fully saturated rings. The molecule has 0 N–H and O–H groups in total. The summed E-state index contributed by atoms with van der Waals surface area (Å²) < 4.78 is 31.7. The van der Waals surface area contributed by atoms with Gasteiger partial charge in [-0.2, -0.15) is 18.6 Å². The monoisotopic (exact) mass is 166 g/mol. The Balaban J connectivity index is 2.31. The molecule has 0 spiro atoms. The second-order valence-electron chi connectivity index (χ2n) is 2.41. The van der Waals surface area contributed by atoms with Crippen LogP contribution in [0.3, 0.4) is 0 Å². The van der Waals surface area contributed by atoms with Crippen molar-refractivity contribution < 1.29 is 12.3 Å². The minimum atomic E-state index is -4.34. The number of nitrogens with zero attached hydrogens (tertiary/aromatic N) is 2. The van der Waals surface area contributed by atoms with Crippen LogP contribution in [0.5, 0.6) is 0 Å². The Morgan fingerprint density at radius 2 is 2.00 bits per heavy atom. The smallest absolute Gasteiger partial charge is 0.195 e. The van der Waals surface area contributed by atoms with Gasteiger partial charge < -0.3 is 0 Å². The zero-order valence-corrected chi connectivity index (χ0v) is 6.23. The first-order chi connectivity index (χ1) is 4.41. The molecule has 0 radical (unpaired) electrons. The number of hydrogen-bond acceptors (Lipinski definition) is 4. The number of hydrogen-bond donors (Lipinski definition) is 0. The van der Waals surface area contributed by atoms with Crippen molar-refractivity contribution in [1.82, 2.24) is 0 Å². The Labute approximate surface area is 58.4 Å². The fourth-order valence-electron chi connectivity index (χ4n) is 0.501. The summed E-state index contributed by atoms with van der Waals surface area (Å²) in [6.45, 7) is 1.65. The van der Waals surface area contributed by atoms with Crippen molar-refractivity contribution >= 4 is 10.2 Å². The molecule has 0 aromatic heterocycles. The van der Waals surface area contributed by atoms with Crippen molar-refractivity contribution in [3.63, 3.8) is 0 Å². The van der Waals surface area contributed by atoms with Crippen molar-refractivity contribution in [1.29, 1.82) is 0 Å². The highest BCUT2D eigenvalue weighted by atomic mass is 32.3. The second kappa shape index (κ2) is 1.98. The molecule has 1 rings (SSSR count). The molecule has 4 nitrogen and oxygen atoms in total. The third-order valence-corrected chi connectivity index (χ3v) is 1.95. The molecular formula is C4H7FN2O2S. The van der Waals surface area contributed by atoms with Gasteiger partial charge in [0.15, 0.2) is 5.66 Å². The van der Waals surface area contributed by atoms with Gasteiger partial charge in [0.1, 0.15) is 0 Å². The van der Waals surface area contributed by atoms with Crippen LogP contribution in [-0.2, 0) is 10.2 Å². The van der Waals surface area contributed by atoms with E-state index >= 15 is 0 Å². The van der Waals surface area contributed by atoms with Crippen molar-refractivity contribution in [2.24, 2.45) is 10.2 Å². The maximum atomic E-state index is 11.8. The van der Waals surface area contributed by atoms with E-state index in [2.05, 4.69) is 10.2 Å². The first-order valence-electron chi connectivity index (χ1n) is 2.78. The summed E-state index contributed by atoms with van der Waals surface area (Å²) in [6, 6.07) is 0. The minimum Gasteiger partial charge on any atom is -0.195 e. The molecular weight excluding hydrogens is 159 g/mol. The van der Waals surface area contributed by atoms with Crippen LogP contribution in [0.1, 0.15) is 13.3 Å². The van der Waals surface area contributed by atoms with Crippen molar-refractivity contribution in [3.8, 4) is 0 Å². The SMILES string of the molecule is CC1(CCS(=O)(=O)F)N=N1. The molecule has 0 amide bonds. The van der Waals surface area contributed by atoms with E-state index in [-0.39, 0.29) is 6.42 Å². The maximum absolute atomic E-state index is 11.8. The van der Waals surface area contributed by atoms with E-state index in [9.17, 15) is 12.3 Å². The second-order valence-corrected chi connectivity index (χ2v) is 3.90. The van der Waals surface area contributed by atoms with E-state index in [0.717, 1.165) is 0 Å². The van der Waals surface area contributed by atoms with E-state index in [1.807, 2.05) is 0 Å². The summed E-state index contributed by atoms with van der Waals surface area (Å²) in [7, 11) is -4.34. The van der Waals surface area contributed by atoms with Crippen LogP contribution in [-0.4, -0.2) is 19.8 Å². The Morgan fingerprint density at radius 1 is 1.50 bits per heavy atom. The van der Waals surface area contributed by atoms with E-state index in [1.54, 1.807) is 6.92 Å². The van der Waals surface area contributed by atoms with Gasteiger partial charge in [-0.05, 0) is 6.92 Å². The first-order valence-corrected chi connectivity index (χ1v) is 4.33. The Morgan fingerprint density at radius 3 is 2.30 bits per heavy atom. The lowest BCUT2D eigenvalue weighted by Crippen LogP contribution is -2.10. The first kappa shape index (κ1) is 7.59. The molecule has 1 heterocycles. The van der Waals surface area contributed by atoms with Gasteiger partial charge in [0.25, 0.3) is 0 Å². The van der Waals surface area contributed by atoms with Gasteiger partial charge in [-0.3, -0.25) is 0 Å². The largest absolute Gasteiger partial charge is 0.302 e. The molecule has 0 bridgehead atoms. The minimum absolute atomic E-state index is 0.145. The van der Waals surface area contributed by atoms with Crippen LogP contribution in [0.4, 0.5) is 3.89 Å². The van der Waals surface area contributed by atoms with Gasteiger partial charge >= 0.3 is 10.2 Å². The highest BCUT2D eigenvalue weighted by Crippen LogP contribution is 2.31. The van der Waals surface area contributed by atoms with Crippen LogP contribution < -0.4 is 0 Å². The predicted octanol–water partition coefficient (Wildman–Crippen LogP) is 0.858. The molecule has 0 saturated carbocycles. The number of halogens is 1. The van der Waals surface area contributed by atoms with Gasteiger partial charge in [-0.25, -0.2) is 0 Å². The Hall–Kier alpha value is -0.520. The fraction of sp³-hybridized carbons (Fsp3) is 1.00. The summed E-state index contributed by atoms with van der Waals surface area (Å²) >= 11 is 0. The molecule has 6 heteroatoms. The van der Waals surface area contributed by atoms with E-state index in [1.165, 1.54) is 0 Å². The highest BCUT2D eigenvalue weighted by Gasteiger charge is 2.34. The topological polar surface area (TPSA) is 58.9 Å². The standard InChI is InChI=1S/C4H7FN2O2S/c1-4(6-7-4)2-3-10(5,8)9/h2-3H2,1H3. The Kier molecular flexibility index (Phi) is 1.50. The van der Waals surface area contributed by atoms with Gasteiger partial charge in [-0.1, -0.05) is 0 Å². The molecule has 0 aromatic rings. The highest BCUT2D eigenvalue weighted by molar-refractivity contribution is 7.86. The van der Waals surface area contributed by atoms with E-state index in [0.29, 0.717) is 0 Å². The third-order valence-electron chi connectivity index (χ3n) is 1.26. The van der Waals surface area contributed by atoms with E-state index in [4.69, 9.17) is 0 Å². The van der Waals surface area contributed by atoms with Crippen LogP contribution in [0, 0.1) is 0 Å².